The quantitative estimate of drug-likeness (QED) is 0.454. The zero-order chi connectivity index (χ0) is 19.9. The maximum atomic E-state index is 11.8. The van der Waals surface area contributed by atoms with E-state index in [4.69, 9.17) is 4.99 Å². The van der Waals surface area contributed by atoms with Crippen molar-refractivity contribution >= 4 is 27.8 Å². The molecule has 1 aliphatic carbocycles. The van der Waals surface area contributed by atoms with Crippen LogP contribution in [0.4, 0.5) is 0 Å². The summed E-state index contributed by atoms with van der Waals surface area (Å²) in [7, 11) is 1.65. The molecule has 3 rings (SSSR count). The fourth-order valence-electron chi connectivity index (χ4n) is 3.24. The topological polar surface area (TPSA) is 65.5 Å². The van der Waals surface area contributed by atoms with Crippen molar-refractivity contribution in [3.8, 4) is 0 Å². The highest BCUT2D eigenvalue weighted by molar-refractivity contribution is 9.10. The molecule has 2 aromatic rings. The van der Waals surface area contributed by atoms with Crippen LogP contribution in [0.25, 0.3) is 0 Å². The number of amides is 1. The molecule has 0 saturated heterocycles. The lowest BCUT2D eigenvalue weighted by Gasteiger charge is -2.11. The first kappa shape index (κ1) is 20.4. The average molecular weight is 443 g/mol. The van der Waals surface area contributed by atoms with E-state index in [-0.39, 0.29) is 5.91 Å². The second-order valence-corrected chi connectivity index (χ2v) is 7.85. The summed E-state index contributed by atoms with van der Waals surface area (Å²) in [5, 5.41) is 9.53. The number of carbonyl (C=O) groups excluding carboxylic acids is 1. The maximum Gasteiger partial charge on any atom is 0.251 e. The van der Waals surface area contributed by atoms with Crippen molar-refractivity contribution in [3.63, 3.8) is 0 Å². The predicted octanol–water partition coefficient (Wildman–Crippen LogP) is 3.46. The molecule has 0 heterocycles. The van der Waals surface area contributed by atoms with E-state index in [1.54, 1.807) is 7.05 Å². The SMILES string of the molecule is CCNC(=NCCc1cccc(C(=O)NC)c1)NC1CC1c1ccc(Br)cc1. The van der Waals surface area contributed by atoms with Gasteiger partial charge >= 0.3 is 0 Å². The van der Waals surface area contributed by atoms with Crippen LogP contribution in [-0.4, -0.2) is 38.0 Å². The van der Waals surface area contributed by atoms with Gasteiger partial charge in [0.05, 0.1) is 0 Å². The second-order valence-electron chi connectivity index (χ2n) is 6.93. The summed E-state index contributed by atoms with van der Waals surface area (Å²) in [5.41, 5.74) is 3.16. The predicted molar refractivity (Wildman–Crippen MR) is 118 cm³/mol. The number of nitrogens with zero attached hydrogens (tertiary/aromatic N) is 1. The lowest BCUT2D eigenvalue weighted by Crippen LogP contribution is -2.39. The van der Waals surface area contributed by atoms with Crippen LogP contribution in [0.2, 0.25) is 0 Å². The van der Waals surface area contributed by atoms with Gasteiger partial charge in [-0.05, 0) is 55.2 Å². The van der Waals surface area contributed by atoms with E-state index >= 15 is 0 Å². The van der Waals surface area contributed by atoms with Crippen molar-refractivity contribution in [1.82, 2.24) is 16.0 Å². The van der Waals surface area contributed by atoms with Crippen LogP contribution in [0, 0.1) is 0 Å². The van der Waals surface area contributed by atoms with E-state index in [0.717, 1.165) is 35.4 Å². The molecule has 1 saturated carbocycles. The standard InChI is InChI=1S/C22H27BrN4O/c1-3-25-22(27-20-14-19(20)16-7-9-18(23)10-8-16)26-12-11-15-5-4-6-17(13-15)21(28)24-2/h4-10,13,19-20H,3,11-12,14H2,1-2H3,(H,24,28)(H2,25,26,27). The molecule has 1 amide bonds. The lowest BCUT2D eigenvalue weighted by molar-refractivity contribution is 0.0963. The van der Waals surface area contributed by atoms with E-state index in [1.807, 2.05) is 24.3 Å². The van der Waals surface area contributed by atoms with Gasteiger partial charge in [0.25, 0.3) is 5.91 Å². The Hall–Kier alpha value is -2.34. The van der Waals surface area contributed by atoms with Crippen LogP contribution in [0.1, 0.15) is 40.7 Å². The van der Waals surface area contributed by atoms with E-state index in [1.165, 1.54) is 5.56 Å². The Balaban J connectivity index is 1.55. The number of hydrogen-bond donors (Lipinski definition) is 3. The first-order valence-corrected chi connectivity index (χ1v) is 10.5. The normalized spacial score (nSPS) is 18.5. The van der Waals surface area contributed by atoms with Gasteiger partial charge in [-0.25, -0.2) is 0 Å². The monoisotopic (exact) mass is 442 g/mol. The molecule has 1 fully saturated rings. The van der Waals surface area contributed by atoms with E-state index in [0.29, 0.717) is 24.1 Å². The van der Waals surface area contributed by atoms with Crippen LogP contribution in [0.15, 0.2) is 58.0 Å². The van der Waals surface area contributed by atoms with E-state index in [9.17, 15) is 4.79 Å². The summed E-state index contributed by atoms with van der Waals surface area (Å²) in [5.74, 6) is 1.34. The molecular weight excluding hydrogens is 416 g/mol. The number of guanidine groups is 1. The minimum Gasteiger partial charge on any atom is -0.357 e. The van der Waals surface area contributed by atoms with Crippen molar-refractivity contribution in [3.05, 3.63) is 69.7 Å². The van der Waals surface area contributed by atoms with Gasteiger partial charge in [-0.3, -0.25) is 9.79 Å². The molecule has 2 atom stereocenters. The molecule has 0 radical (unpaired) electrons. The molecular formula is C22H27BrN4O. The van der Waals surface area contributed by atoms with Gasteiger partial charge in [-0.1, -0.05) is 40.2 Å². The highest BCUT2D eigenvalue weighted by atomic mass is 79.9. The van der Waals surface area contributed by atoms with Crippen LogP contribution in [0.5, 0.6) is 0 Å². The highest BCUT2D eigenvalue weighted by Gasteiger charge is 2.38. The first-order valence-electron chi connectivity index (χ1n) is 9.72. The molecule has 1 aliphatic rings. The molecule has 0 spiro atoms. The van der Waals surface area contributed by atoms with Crippen LogP contribution in [0.3, 0.4) is 0 Å². The van der Waals surface area contributed by atoms with Gasteiger partial charge in [0.1, 0.15) is 0 Å². The summed E-state index contributed by atoms with van der Waals surface area (Å²) in [4.78, 5) is 16.5. The van der Waals surface area contributed by atoms with Gasteiger partial charge in [0.15, 0.2) is 5.96 Å². The summed E-state index contributed by atoms with van der Waals surface area (Å²) in [6.07, 6.45) is 1.92. The zero-order valence-electron chi connectivity index (χ0n) is 16.3. The Morgan fingerprint density at radius 1 is 1.21 bits per heavy atom. The molecule has 0 aliphatic heterocycles. The molecule has 3 N–H and O–H groups in total. The number of carbonyl (C=O) groups is 1. The van der Waals surface area contributed by atoms with E-state index in [2.05, 4.69) is 63.1 Å². The Kier molecular flexibility index (Phi) is 7.09. The fraction of sp³-hybridized carbons (Fsp3) is 0.364. The second kappa shape index (κ2) is 9.73. The van der Waals surface area contributed by atoms with Crippen molar-refractivity contribution < 1.29 is 4.79 Å². The lowest BCUT2D eigenvalue weighted by atomic mass is 10.1. The third-order valence-corrected chi connectivity index (χ3v) is 5.37. The number of halogens is 1. The number of benzene rings is 2. The van der Waals surface area contributed by atoms with Gasteiger partial charge in [-0.2, -0.15) is 0 Å². The van der Waals surface area contributed by atoms with Gasteiger partial charge in [-0.15, -0.1) is 0 Å². The maximum absolute atomic E-state index is 11.8. The highest BCUT2D eigenvalue weighted by Crippen LogP contribution is 2.40. The number of rotatable bonds is 7. The molecule has 6 heteroatoms. The average Bonchev–Trinajstić information content (AvgIpc) is 3.47. The third kappa shape index (κ3) is 5.58. The number of nitrogens with one attached hydrogen (secondary N) is 3. The largest absolute Gasteiger partial charge is 0.357 e. The molecule has 5 nitrogen and oxygen atoms in total. The Morgan fingerprint density at radius 2 is 2.00 bits per heavy atom. The first-order chi connectivity index (χ1) is 13.6. The van der Waals surface area contributed by atoms with Gasteiger partial charge in [0, 0.05) is 42.1 Å². The molecule has 2 aromatic carbocycles. The molecule has 0 bridgehead atoms. The Labute approximate surface area is 175 Å². The van der Waals surface area contributed by atoms with Crippen molar-refractivity contribution in [2.75, 3.05) is 20.1 Å². The van der Waals surface area contributed by atoms with Gasteiger partial charge in [0.2, 0.25) is 0 Å². The molecule has 148 valence electrons. The summed E-state index contributed by atoms with van der Waals surface area (Å²) < 4.78 is 1.11. The zero-order valence-corrected chi connectivity index (χ0v) is 17.9. The van der Waals surface area contributed by atoms with Crippen LogP contribution >= 0.6 is 15.9 Å². The van der Waals surface area contributed by atoms with Crippen molar-refractivity contribution in [2.24, 2.45) is 4.99 Å². The third-order valence-electron chi connectivity index (χ3n) is 4.84. The minimum atomic E-state index is -0.0620. The molecule has 28 heavy (non-hydrogen) atoms. The fourth-order valence-corrected chi connectivity index (χ4v) is 3.50. The Morgan fingerprint density at radius 3 is 2.71 bits per heavy atom. The van der Waals surface area contributed by atoms with Crippen LogP contribution < -0.4 is 16.0 Å². The minimum absolute atomic E-state index is 0.0620. The number of aliphatic imine (C=N–C) groups is 1. The Bertz CT molecular complexity index is 835. The van der Waals surface area contributed by atoms with Crippen molar-refractivity contribution in [1.29, 1.82) is 0 Å². The summed E-state index contributed by atoms with van der Waals surface area (Å²) in [6.45, 7) is 3.57. The van der Waals surface area contributed by atoms with Gasteiger partial charge < -0.3 is 16.0 Å². The van der Waals surface area contributed by atoms with Crippen molar-refractivity contribution in [2.45, 2.75) is 31.7 Å². The summed E-state index contributed by atoms with van der Waals surface area (Å²) >= 11 is 3.49. The summed E-state index contributed by atoms with van der Waals surface area (Å²) in [6, 6.07) is 16.7. The smallest absolute Gasteiger partial charge is 0.251 e. The molecule has 0 aromatic heterocycles. The molecule has 2 unspecified atom stereocenters. The van der Waals surface area contributed by atoms with E-state index < -0.39 is 0 Å². The number of hydrogen-bond acceptors (Lipinski definition) is 2. The van der Waals surface area contributed by atoms with Crippen LogP contribution in [-0.2, 0) is 6.42 Å².